The van der Waals surface area contributed by atoms with E-state index in [4.69, 9.17) is 4.74 Å². The van der Waals surface area contributed by atoms with E-state index in [1.165, 1.54) is 6.21 Å². The highest BCUT2D eigenvalue weighted by Gasteiger charge is 2.53. The molecule has 45 heavy (non-hydrogen) atoms. The lowest BCUT2D eigenvalue weighted by molar-refractivity contribution is 0.159. The van der Waals surface area contributed by atoms with E-state index in [1.807, 2.05) is 12.1 Å². The van der Waals surface area contributed by atoms with E-state index >= 15 is 0 Å². The molecule has 0 amide bonds. The minimum absolute atomic E-state index is 0.0671. The molecule has 1 saturated heterocycles. The maximum Gasteiger partial charge on any atom is 0.260 e. The van der Waals surface area contributed by atoms with Crippen molar-refractivity contribution in [3.63, 3.8) is 0 Å². The third kappa shape index (κ3) is 3.75. The number of aromatic nitrogens is 1. The van der Waals surface area contributed by atoms with Gasteiger partial charge >= 0.3 is 0 Å². The molecular formula is C31H25BrN4O9. The molecule has 5 aliphatic rings. The van der Waals surface area contributed by atoms with Crippen molar-refractivity contribution in [1.29, 1.82) is 0 Å². The molecule has 1 aromatic heterocycles. The number of nitrogens with zero attached hydrogens (tertiary/aromatic N) is 3. The van der Waals surface area contributed by atoms with Gasteiger partial charge in [-0.1, -0.05) is 0 Å². The highest BCUT2D eigenvalue weighted by molar-refractivity contribution is 9.10. The smallest absolute Gasteiger partial charge is 0.260 e. The van der Waals surface area contributed by atoms with Gasteiger partial charge in [0.05, 0.1) is 45.3 Å². The number of phenols is 1. The van der Waals surface area contributed by atoms with Gasteiger partial charge in [-0.25, -0.2) is 0 Å². The van der Waals surface area contributed by atoms with Crippen LogP contribution in [0, 0.1) is 10.4 Å². The number of H-pyrrole nitrogens is 1. The molecule has 13 nitrogen and oxygen atoms in total. The Morgan fingerprint density at radius 1 is 0.933 bits per heavy atom. The van der Waals surface area contributed by atoms with Gasteiger partial charge in [-0.2, -0.15) is 5.10 Å². The van der Waals surface area contributed by atoms with Crippen molar-refractivity contribution < 1.29 is 20.1 Å². The fraction of sp³-hybridized carbons (Fsp3) is 0.290. The number of aliphatic hydroxyl groups excluding tert-OH is 2. The Morgan fingerprint density at radius 2 is 1.58 bits per heavy atom. The van der Waals surface area contributed by atoms with Crippen molar-refractivity contribution in [3.05, 3.63) is 106 Å². The predicted octanol–water partition coefficient (Wildman–Crippen LogP) is -1.14. The summed E-state index contributed by atoms with van der Waals surface area (Å²) in [7, 11) is 3.15. The first-order chi connectivity index (χ1) is 21.4. The molecule has 0 radical (unpaired) electrons. The van der Waals surface area contributed by atoms with Crippen LogP contribution in [-0.2, 0) is 11.8 Å². The Morgan fingerprint density at radius 3 is 2.22 bits per heavy atom. The van der Waals surface area contributed by atoms with E-state index in [0.29, 0.717) is 21.1 Å². The summed E-state index contributed by atoms with van der Waals surface area (Å²) in [5.41, 5.74) is -6.12. The summed E-state index contributed by atoms with van der Waals surface area (Å²) >= 11 is 3.55. The molecule has 1 fully saturated rings. The van der Waals surface area contributed by atoms with Crippen molar-refractivity contribution in [3.8, 4) is 11.5 Å². The number of likely N-dealkylation sites (N-methyl/N-ethyl adjacent to an activating group) is 1. The van der Waals surface area contributed by atoms with Gasteiger partial charge in [-0.15, -0.1) is 0 Å². The molecule has 0 bridgehead atoms. The van der Waals surface area contributed by atoms with Gasteiger partial charge in [0.2, 0.25) is 16.3 Å². The lowest BCUT2D eigenvalue weighted by atomic mass is 9.78. The normalized spacial score (nSPS) is 19.8. The number of aromatic amines is 1. The van der Waals surface area contributed by atoms with Gasteiger partial charge in [0.15, 0.2) is 11.2 Å². The quantitative estimate of drug-likeness (QED) is 0.192. The number of halogens is 1. The third-order valence-corrected chi connectivity index (χ3v) is 10.1. The Labute approximate surface area is 259 Å². The summed E-state index contributed by atoms with van der Waals surface area (Å²) in [6.07, 6.45) is 1.57. The van der Waals surface area contributed by atoms with E-state index in [1.54, 1.807) is 6.07 Å². The zero-order valence-electron chi connectivity index (χ0n) is 24.0. The third-order valence-electron chi connectivity index (χ3n) is 9.22. The molecule has 7 rings (SSSR count). The number of aliphatic hydroxyl groups is 2. The number of nitrogens with one attached hydrogen (secondary N) is 1. The van der Waals surface area contributed by atoms with E-state index in [9.17, 15) is 39.3 Å². The van der Waals surface area contributed by atoms with E-state index < -0.39 is 76.6 Å². The van der Waals surface area contributed by atoms with Gasteiger partial charge in [0.25, 0.3) is 5.56 Å². The second kappa shape index (κ2) is 9.84. The number of aromatic hydroxyl groups is 1. The number of hydrazone groups is 1. The van der Waals surface area contributed by atoms with E-state index in [0.717, 1.165) is 39.4 Å². The Kier molecular flexibility index (Phi) is 6.33. The molecule has 1 spiro atoms. The first-order valence-corrected chi connectivity index (χ1v) is 14.9. The van der Waals surface area contributed by atoms with Crippen LogP contribution in [0.25, 0.3) is 22.3 Å². The molecule has 0 unspecified atom stereocenters. The first-order valence-electron chi connectivity index (χ1n) is 14.1. The summed E-state index contributed by atoms with van der Waals surface area (Å²) in [5.74, 6) is -2.53. The molecule has 4 N–H and O–H groups in total. The summed E-state index contributed by atoms with van der Waals surface area (Å²) < 4.78 is 5.32. The van der Waals surface area contributed by atoms with Gasteiger partial charge in [0, 0.05) is 47.7 Å². The number of piperazine rings is 1. The van der Waals surface area contributed by atoms with Crippen LogP contribution in [0.1, 0.15) is 23.2 Å². The second-order valence-electron chi connectivity index (χ2n) is 11.5. The minimum atomic E-state index is -1.99. The average molecular weight is 677 g/mol. The van der Waals surface area contributed by atoms with E-state index in [2.05, 4.69) is 30.9 Å². The number of hydrogen-bond donors (Lipinski definition) is 4. The molecule has 2 heterocycles. The molecular weight excluding hydrogens is 652 g/mol. The van der Waals surface area contributed by atoms with Crippen LogP contribution < -0.4 is 42.4 Å². The van der Waals surface area contributed by atoms with Gasteiger partial charge in [0.1, 0.15) is 22.7 Å². The lowest BCUT2D eigenvalue weighted by Crippen LogP contribution is -2.51. The molecule has 4 aliphatic carbocycles. The minimum Gasteiger partial charge on any atom is -0.510 e. The second-order valence-corrected chi connectivity index (χ2v) is 12.3. The summed E-state index contributed by atoms with van der Waals surface area (Å²) in [5, 5.41) is 38.7. The van der Waals surface area contributed by atoms with Crippen molar-refractivity contribution in [2.24, 2.45) is 5.10 Å². The Hall–Kier alpha value is -4.82. The Balaban J connectivity index is 1.49. The zero-order valence-corrected chi connectivity index (χ0v) is 25.6. The number of benzene rings is 1. The topological polar surface area (TPSA) is 190 Å². The van der Waals surface area contributed by atoms with Crippen LogP contribution in [0.4, 0.5) is 0 Å². The maximum absolute atomic E-state index is 13.7. The van der Waals surface area contributed by atoms with Crippen molar-refractivity contribution in [2.75, 3.05) is 40.3 Å². The zero-order chi connectivity index (χ0) is 32.1. The largest absolute Gasteiger partial charge is 0.510 e. The fourth-order valence-electron chi connectivity index (χ4n) is 6.94. The van der Waals surface area contributed by atoms with Crippen LogP contribution >= 0.6 is 15.9 Å². The summed E-state index contributed by atoms with van der Waals surface area (Å²) in [6.45, 7) is 3.13. The molecule has 0 saturated carbocycles. The van der Waals surface area contributed by atoms with E-state index in [-0.39, 0.29) is 23.8 Å². The van der Waals surface area contributed by atoms with Crippen molar-refractivity contribution in [2.45, 2.75) is 18.3 Å². The van der Waals surface area contributed by atoms with Crippen LogP contribution in [0.2, 0.25) is 0 Å². The molecule has 1 atom stereocenters. The molecule has 1 aliphatic heterocycles. The first kappa shape index (κ1) is 28.9. The fourth-order valence-corrected chi connectivity index (χ4v) is 7.65. The lowest BCUT2D eigenvalue weighted by Gasteiger charge is -2.30. The highest BCUT2D eigenvalue weighted by atomic mass is 79.9. The maximum atomic E-state index is 13.7. The number of rotatable bonds is 3. The van der Waals surface area contributed by atoms with Gasteiger partial charge < -0.3 is 29.9 Å². The van der Waals surface area contributed by atoms with Crippen molar-refractivity contribution >= 4 is 44.4 Å². The van der Waals surface area contributed by atoms with Crippen LogP contribution in [0.3, 0.4) is 0 Å². The standard InChI is InChI=1S/C31H25BrN4O9/c1-35-5-7-36(8-6-35)33-11-12-9-14-17(30(44)34-12)27(41)22-13(23(14)32)3-4-31(22)28(42)20-21(29(31)43)26(40)19-18(25(20)39)15(37)10-16(45-2)24(19)38/h9-11,41-43H,3-8H2,1-2H3,(H,34,44)/b33-11+/t31-/m0/s1. The van der Waals surface area contributed by atoms with Crippen LogP contribution in [0.5, 0.6) is 11.5 Å². The number of ether oxygens (including phenoxy) is 1. The van der Waals surface area contributed by atoms with Crippen LogP contribution in [-0.4, -0.2) is 76.8 Å². The summed E-state index contributed by atoms with van der Waals surface area (Å²) in [4.78, 5) is 71.4. The molecule has 1 aromatic carbocycles. The number of methoxy groups -OCH3 is 1. The van der Waals surface area contributed by atoms with Gasteiger partial charge in [-0.05, 0) is 47.4 Å². The Bertz CT molecular complexity index is 2510. The number of pyridine rings is 1. The number of fused-ring (bicyclic) bond motifs is 4. The summed E-state index contributed by atoms with van der Waals surface area (Å²) in [6, 6.07) is 2.43. The molecule has 2 aromatic rings. The average Bonchev–Trinajstić information content (AvgIpc) is 3.52. The number of phenolic OH excluding ortho intramolecular Hbond substituents is 1. The highest BCUT2D eigenvalue weighted by Crippen LogP contribution is 2.56. The SMILES string of the molecule is COc1cc(=O)c2c(=O)c3c(c(=O)c=2c1=O)=C(O)[C@]1(CCc2c1c(O)c1c(=O)[nH]c(/C=N/N4CCN(C)CC4)cc1c2Br)C=3O. The van der Waals surface area contributed by atoms with Gasteiger partial charge in [-0.3, -0.25) is 29.0 Å². The van der Waals surface area contributed by atoms with Crippen molar-refractivity contribution in [1.82, 2.24) is 14.9 Å². The monoisotopic (exact) mass is 676 g/mol. The predicted molar refractivity (Wildman–Crippen MR) is 168 cm³/mol. The van der Waals surface area contributed by atoms with Crippen LogP contribution in [0.15, 0.2) is 45.7 Å². The molecule has 14 heteroatoms. The molecule has 230 valence electrons. The number of hydrogen-bond acceptors (Lipinski definition) is 12.